The van der Waals surface area contributed by atoms with Gasteiger partial charge >= 0.3 is 0 Å². The van der Waals surface area contributed by atoms with Gasteiger partial charge in [0.1, 0.15) is 5.82 Å². The topological polar surface area (TPSA) is 41.5 Å². The van der Waals surface area contributed by atoms with Gasteiger partial charge in [-0.05, 0) is 53.4 Å². The average Bonchev–Trinajstić information content (AvgIpc) is 2.92. The fraction of sp³-hybridized carbons (Fsp3) is 0.600. The molecule has 0 amide bonds. The molecule has 1 atom stereocenters. The Morgan fingerprint density at radius 2 is 2.15 bits per heavy atom. The molecular formula is C15H21BrFNO2. The third-order valence-corrected chi connectivity index (χ3v) is 4.23. The number of hydrogen-bond donors (Lipinski definition) is 2. The maximum atomic E-state index is 13.5. The summed E-state index contributed by atoms with van der Waals surface area (Å²) in [6, 6.07) is 3.16. The Balaban J connectivity index is 1.77. The summed E-state index contributed by atoms with van der Waals surface area (Å²) < 4.78 is 19.6. The third-order valence-electron chi connectivity index (χ3n) is 3.62. The molecule has 1 aliphatic carbocycles. The lowest BCUT2D eigenvalue weighted by molar-refractivity contribution is -0.00117. The Morgan fingerprint density at radius 3 is 2.85 bits per heavy atom. The zero-order valence-corrected chi connectivity index (χ0v) is 13.2. The van der Waals surface area contributed by atoms with Crippen LogP contribution in [-0.2, 0) is 4.74 Å². The minimum atomic E-state index is -0.582. The highest BCUT2D eigenvalue weighted by Crippen LogP contribution is 2.24. The summed E-state index contributed by atoms with van der Waals surface area (Å²) in [4.78, 5) is 0. The number of rotatable bonds is 6. The molecule has 0 spiro atoms. The molecule has 0 heterocycles. The summed E-state index contributed by atoms with van der Waals surface area (Å²) in [5.74, 6) is -0.310. The van der Waals surface area contributed by atoms with Gasteiger partial charge in [-0.2, -0.15) is 0 Å². The fourth-order valence-electron chi connectivity index (χ4n) is 2.43. The summed E-state index contributed by atoms with van der Waals surface area (Å²) in [5, 5.41) is 13.0. The van der Waals surface area contributed by atoms with Crippen LogP contribution in [0.3, 0.4) is 0 Å². The molecule has 3 nitrogen and oxygen atoms in total. The predicted molar refractivity (Wildman–Crippen MR) is 81.5 cm³/mol. The van der Waals surface area contributed by atoms with Crippen LogP contribution in [0.15, 0.2) is 16.6 Å². The Bertz CT molecular complexity index is 450. The Kier molecular flexibility index (Phi) is 5.81. The van der Waals surface area contributed by atoms with Crippen molar-refractivity contribution in [1.82, 2.24) is 0 Å². The molecule has 0 aliphatic heterocycles. The van der Waals surface area contributed by atoms with E-state index in [1.165, 1.54) is 18.9 Å². The first-order chi connectivity index (χ1) is 9.56. The Hall–Kier alpha value is -0.650. The van der Waals surface area contributed by atoms with Crippen LogP contribution in [-0.4, -0.2) is 30.5 Å². The summed E-state index contributed by atoms with van der Waals surface area (Å²) in [6.07, 6.45) is 4.35. The first kappa shape index (κ1) is 15.7. The van der Waals surface area contributed by atoms with E-state index in [2.05, 4.69) is 21.2 Å². The number of aliphatic hydroxyl groups is 1. The van der Waals surface area contributed by atoms with Gasteiger partial charge in [0.25, 0.3) is 0 Å². The van der Waals surface area contributed by atoms with Crippen molar-refractivity contribution in [3.05, 3.63) is 28.0 Å². The Labute approximate surface area is 127 Å². The molecule has 1 aromatic rings. The van der Waals surface area contributed by atoms with Gasteiger partial charge in [0.2, 0.25) is 0 Å². The van der Waals surface area contributed by atoms with Crippen molar-refractivity contribution in [3.8, 4) is 0 Å². The van der Waals surface area contributed by atoms with Crippen LogP contribution in [0.25, 0.3) is 0 Å². The average molecular weight is 346 g/mol. The normalized spacial score (nSPS) is 17.4. The summed E-state index contributed by atoms with van der Waals surface area (Å²) >= 11 is 3.15. The first-order valence-electron chi connectivity index (χ1n) is 7.05. The van der Waals surface area contributed by atoms with Crippen molar-refractivity contribution >= 4 is 21.6 Å². The number of aryl methyl sites for hydroxylation is 1. The third kappa shape index (κ3) is 4.43. The van der Waals surface area contributed by atoms with E-state index >= 15 is 0 Å². The van der Waals surface area contributed by atoms with E-state index in [1.807, 2.05) is 6.92 Å². The van der Waals surface area contributed by atoms with E-state index in [9.17, 15) is 9.50 Å². The minimum absolute atomic E-state index is 0.302. The van der Waals surface area contributed by atoms with Crippen LogP contribution in [0.4, 0.5) is 10.1 Å². The van der Waals surface area contributed by atoms with Gasteiger partial charge in [-0.15, -0.1) is 0 Å². The van der Waals surface area contributed by atoms with Gasteiger partial charge in [-0.1, -0.05) is 12.8 Å². The minimum Gasteiger partial charge on any atom is -0.389 e. The fourth-order valence-corrected chi connectivity index (χ4v) is 2.88. The molecule has 2 rings (SSSR count). The standard InChI is InChI=1S/C15H21BrFNO2/c1-10-6-13(16)14(17)7-15(10)18-8-11(19)9-20-12-4-2-3-5-12/h6-7,11-12,18-19H,2-5,8-9H2,1H3. The smallest absolute Gasteiger partial charge is 0.139 e. The monoisotopic (exact) mass is 345 g/mol. The van der Waals surface area contributed by atoms with Crippen molar-refractivity contribution in [2.45, 2.75) is 44.8 Å². The maximum absolute atomic E-state index is 13.5. The number of benzene rings is 1. The number of ether oxygens (including phenoxy) is 1. The van der Waals surface area contributed by atoms with Gasteiger partial charge in [0.05, 0.1) is 23.3 Å². The first-order valence-corrected chi connectivity index (χ1v) is 7.84. The molecule has 1 unspecified atom stereocenters. The molecule has 20 heavy (non-hydrogen) atoms. The van der Waals surface area contributed by atoms with Crippen molar-refractivity contribution < 1.29 is 14.2 Å². The second-order valence-electron chi connectivity index (χ2n) is 5.36. The van der Waals surface area contributed by atoms with Crippen molar-refractivity contribution in [3.63, 3.8) is 0 Å². The quantitative estimate of drug-likeness (QED) is 0.827. The van der Waals surface area contributed by atoms with Crippen LogP contribution in [0.2, 0.25) is 0 Å². The summed E-state index contributed by atoms with van der Waals surface area (Å²) in [7, 11) is 0. The lowest BCUT2D eigenvalue weighted by atomic mass is 10.2. The maximum Gasteiger partial charge on any atom is 0.139 e. The zero-order valence-electron chi connectivity index (χ0n) is 11.7. The lowest BCUT2D eigenvalue weighted by Gasteiger charge is -2.17. The van der Waals surface area contributed by atoms with E-state index in [1.54, 1.807) is 6.07 Å². The highest BCUT2D eigenvalue weighted by molar-refractivity contribution is 9.10. The molecule has 0 aromatic heterocycles. The van der Waals surface area contributed by atoms with Gasteiger partial charge in [-0.25, -0.2) is 4.39 Å². The highest BCUT2D eigenvalue weighted by atomic mass is 79.9. The van der Waals surface area contributed by atoms with Crippen LogP contribution in [0.1, 0.15) is 31.2 Å². The van der Waals surface area contributed by atoms with Gasteiger partial charge in [0.15, 0.2) is 0 Å². The zero-order chi connectivity index (χ0) is 14.5. The van der Waals surface area contributed by atoms with Gasteiger partial charge in [0, 0.05) is 12.2 Å². The molecule has 1 aromatic carbocycles. The molecule has 112 valence electrons. The molecule has 0 radical (unpaired) electrons. The van der Waals surface area contributed by atoms with Gasteiger partial charge in [-0.3, -0.25) is 0 Å². The van der Waals surface area contributed by atoms with Crippen LogP contribution < -0.4 is 5.32 Å². The number of hydrogen-bond acceptors (Lipinski definition) is 3. The SMILES string of the molecule is Cc1cc(Br)c(F)cc1NCC(O)COC1CCCC1. The van der Waals surface area contributed by atoms with Crippen molar-refractivity contribution in [2.24, 2.45) is 0 Å². The van der Waals surface area contributed by atoms with E-state index in [0.717, 1.165) is 18.4 Å². The molecule has 1 aliphatic rings. The molecule has 1 saturated carbocycles. The molecule has 1 fully saturated rings. The molecular weight excluding hydrogens is 325 g/mol. The van der Waals surface area contributed by atoms with E-state index < -0.39 is 6.10 Å². The number of halogens is 2. The second kappa shape index (κ2) is 7.38. The number of anilines is 1. The van der Waals surface area contributed by atoms with Crippen molar-refractivity contribution in [2.75, 3.05) is 18.5 Å². The highest BCUT2D eigenvalue weighted by Gasteiger charge is 2.17. The Morgan fingerprint density at radius 1 is 1.45 bits per heavy atom. The lowest BCUT2D eigenvalue weighted by Crippen LogP contribution is -2.27. The van der Waals surface area contributed by atoms with Crippen LogP contribution >= 0.6 is 15.9 Å². The van der Waals surface area contributed by atoms with Crippen molar-refractivity contribution in [1.29, 1.82) is 0 Å². The summed E-state index contributed by atoms with van der Waals surface area (Å²) in [6.45, 7) is 2.58. The van der Waals surface area contributed by atoms with Gasteiger partial charge < -0.3 is 15.2 Å². The van der Waals surface area contributed by atoms with Crippen LogP contribution in [0, 0.1) is 12.7 Å². The second-order valence-corrected chi connectivity index (χ2v) is 6.21. The molecule has 2 N–H and O–H groups in total. The van der Waals surface area contributed by atoms with E-state index in [4.69, 9.17) is 4.74 Å². The molecule has 5 heteroatoms. The number of nitrogens with one attached hydrogen (secondary N) is 1. The largest absolute Gasteiger partial charge is 0.389 e. The molecule has 0 bridgehead atoms. The van der Waals surface area contributed by atoms with E-state index in [0.29, 0.717) is 29.4 Å². The molecule has 0 saturated heterocycles. The van der Waals surface area contributed by atoms with Crippen LogP contribution in [0.5, 0.6) is 0 Å². The predicted octanol–water partition coefficient (Wildman–Crippen LogP) is 3.63. The van der Waals surface area contributed by atoms with E-state index in [-0.39, 0.29) is 5.82 Å². The summed E-state index contributed by atoms with van der Waals surface area (Å²) in [5.41, 5.74) is 1.63. The number of aliphatic hydroxyl groups excluding tert-OH is 1.